The molecule has 2 heterocycles. The zero-order valence-electron chi connectivity index (χ0n) is 16.0. The average molecular weight is 413 g/mol. The van der Waals surface area contributed by atoms with E-state index in [-0.39, 0.29) is 12.1 Å². The molecular formula is C21H23ClN5O2+. The fourth-order valence-corrected chi connectivity index (χ4v) is 4.10. The predicted octanol–water partition coefficient (Wildman–Crippen LogP) is 0.440. The molecule has 29 heavy (non-hydrogen) atoms. The number of primary amides is 1. The summed E-state index contributed by atoms with van der Waals surface area (Å²) in [7, 11) is 0. The number of anilines is 1. The molecule has 1 aromatic heterocycles. The predicted molar refractivity (Wildman–Crippen MR) is 113 cm³/mol. The highest BCUT2D eigenvalue weighted by Crippen LogP contribution is 2.24. The third kappa shape index (κ3) is 4.11. The normalized spacial score (nSPS) is 15.0. The summed E-state index contributed by atoms with van der Waals surface area (Å²) < 4.78 is 1.41. The number of carbonyl (C=O) groups excluding carboxylic acids is 1. The Morgan fingerprint density at radius 3 is 2.52 bits per heavy atom. The number of hydrogen-bond donors (Lipinski definition) is 2. The van der Waals surface area contributed by atoms with Gasteiger partial charge in [0, 0.05) is 0 Å². The Hall–Kier alpha value is -2.90. The number of piperazine rings is 1. The zero-order valence-corrected chi connectivity index (χ0v) is 16.7. The minimum Gasteiger partial charge on any atom is -0.368 e. The van der Waals surface area contributed by atoms with Gasteiger partial charge in [0.15, 0.2) is 5.82 Å². The Balaban J connectivity index is 1.56. The van der Waals surface area contributed by atoms with Crippen molar-refractivity contribution in [2.24, 2.45) is 5.73 Å². The summed E-state index contributed by atoms with van der Waals surface area (Å²) in [5, 5.41) is 1.25. The second-order valence-electron chi connectivity index (χ2n) is 7.27. The first kappa shape index (κ1) is 19.4. The van der Waals surface area contributed by atoms with Gasteiger partial charge in [-0.2, -0.15) is 0 Å². The van der Waals surface area contributed by atoms with Crippen molar-refractivity contribution in [1.29, 1.82) is 0 Å². The molecule has 8 heteroatoms. The van der Waals surface area contributed by atoms with Crippen LogP contribution >= 0.6 is 11.6 Å². The third-order valence-electron chi connectivity index (χ3n) is 5.33. The highest BCUT2D eigenvalue weighted by molar-refractivity contribution is 6.33. The molecule has 150 valence electrons. The first-order chi connectivity index (χ1) is 14.0. The molecular weight excluding hydrogens is 390 g/mol. The van der Waals surface area contributed by atoms with Gasteiger partial charge >= 0.3 is 0 Å². The third-order valence-corrected chi connectivity index (χ3v) is 5.65. The van der Waals surface area contributed by atoms with E-state index < -0.39 is 5.91 Å². The van der Waals surface area contributed by atoms with Crippen LogP contribution in [0.1, 0.15) is 5.82 Å². The van der Waals surface area contributed by atoms with Crippen molar-refractivity contribution < 1.29 is 9.69 Å². The summed E-state index contributed by atoms with van der Waals surface area (Å²) >= 11 is 6.33. The summed E-state index contributed by atoms with van der Waals surface area (Å²) in [5.41, 5.74) is 6.85. The Kier molecular flexibility index (Phi) is 5.51. The van der Waals surface area contributed by atoms with Crippen LogP contribution in [0.4, 0.5) is 5.69 Å². The van der Waals surface area contributed by atoms with Crippen molar-refractivity contribution in [3.05, 3.63) is 69.7 Å². The summed E-state index contributed by atoms with van der Waals surface area (Å²) in [5.74, 6) is 0.0395. The number of benzene rings is 2. The molecule has 1 amide bonds. The number of carbonyl (C=O) groups is 1. The van der Waals surface area contributed by atoms with Gasteiger partial charge in [-0.15, -0.1) is 0 Å². The van der Waals surface area contributed by atoms with Crippen LogP contribution in [0.15, 0.2) is 53.3 Å². The molecule has 1 saturated heterocycles. The lowest BCUT2D eigenvalue weighted by Gasteiger charge is -2.34. The highest BCUT2D eigenvalue weighted by Gasteiger charge is 2.24. The lowest BCUT2D eigenvalue weighted by molar-refractivity contribution is -0.915. The van der Waals surface area contributed by atoms with Gasteiger partial charge in [-0.3, -0.25) is 14.2 Å². The summed E-state index contributed by atoms with van der Waals surface area (Å²) in [6.07, 6.45) is 0. The van der Waals surface area contributed by atoms with Gasteiger partial charge in [0.1, 0.15) is 13.1 Å². The molecule has 4 rings (SSSR count). The molecule has 0 bridgehead atoms. The average Bonchev–Trinajstić information content (AvgIpc) is 2.72. The number of halogens is 1. The van der Waals surface area contributed by atoms with Gasteiger partial charge in [-0.25, -0.2) is 4.98 Å². The SMILES string of the molecule is NC(=O)Cn1c(C[NH+]2CCN(c3ccccc3Cl)CC2)nc2ccccc2c1=O. The highest BCUT2D eigenvalue weighted by atomic mass is 35.5. The number of amides is 1. The molecule has 0 atom stereocenters. The summed E-state index contributed by atoms with van der Waals surface area (Å²) in [6.45, 7) is 3.86. The zero-order chi connectivity index (χ0) is 20.4. The molecule has 1 aliphatic rings. The maximum Gasteiger partial charge on any atom is 0.262 e. The minimum atomic E-state index is -0.552. The van der Waals surface area contributed by atoms with E-state index in [2.05, 4.69) is 9.88 Å². The molecule has 1 fully saturated rings. The van der Waals surface area contributed by atoms with E-state index in [9.17, 15) is 9.59 Å². The molecule has 0 radical (unpaired) electrons. The largest absolute Gasteiger partial charge is 0.368 e. The number of fused-ring (bicyclic) bond motifs is 1. The Labute approximate surface area is 173 Å². The van der Waals surface area contributed by atoms with Crippen molar-refractivity contribution in [2.45, 2.75) is 13.1 Å². The standard InChI is InChI=1S/C21H22ClN5O2/c22-16-6-2-4-8-18(16)26-11-9-25(10-12-26)14-20-24-17-7-3-1-5-15(17)21(29)27(20)13-19(23)28/h1-8H,9-14H2,(H2,23,28)/p+1. The van der Waals surface area contributed by atoms with Crippen molar-refractivity contribution >= 4 is 34.1 Å². The monoisotopic (exact) mass is 412 g/mol. The van der Waals surface area contributed by atoms with Crippen LogP contribution in [0.25, 0.3) is 10.9 Å². The van der Waals surface area contributed by atoms with Crippen LogP contribution in [-0.4, -0.2) is 41.6 Å². The molecule has 1 aliphatic heterocycles. The molecule has 2 aromatic carbocycles. The van der Waals surface area contributed by atoms with Crippen LogP contribution in [0.2, 0.25) is 5.02 Å². The van der Waals surface area contributed by atoms with E-state index in [1.165, 1.54) is 9.47 Å². The minimum absolute atomic E-state index is 0.162. The number of rotatable bonds is 5. The molecule has 3 aromatic rings. The molecule has 0 aliphatic carbocycles. The van der Waals surface area contributed by atoms with Gasteiger partial charge in [0.25, 0.3) is 5.56 Å². The lowest BCUT2D eigenvalue weighted by atomic mass is 10.2. The van der Waals surface area contributed by atoms with Crippen molar-refractivity contribution in [2.75, 3.05) is 31.1 Å². The number of aromatic nitrogens is 2. The van der Waals surface area contributed by atoms with E-state index in [1.807, 2.05) is 36.4 Å². The first-order valence-corrected chi connectivity index (χ1v) is 10.0. The second-order valence-corrected chi connectivity index (χ2v) is 7.68. The maximum atomic E-state index is 12.9. The number of nitrogens with one attached hydrogen (secondary N) is 1. The van der Waals surface area contributed by atoms with Crippen LogP contribution in [-0.2, 0) is 17.9 Å². The fraction of sp³-hybridized carbons (Fsp3) is 0.286. The Morgan fingerprint density at radius 2 is 1.79 bits per heavy atom. The van der Waals surface area contributed by atoms with Gasteiger partial charge in [0.05, 0.1) is 47.8 Å². The van der Waals surface area contributed by atoms with E-state index in [1.54, 1.807) is 12.1 Å². The van der Waals surface area contributed by atoms with E-state index in [0.717, 1.165) is 36.9 Å². The van der Waals surface area contributed by atoms with Crippen molar-refractivity contribution in [3.63, 3.8) is 0 Å². The number of hydrogen-bond acceptors (Lipinski definition) is 4. The molecule has 0 unspecified atom stereocenters. The first-order valence-electron chi connectivity index (χ1n) is 9.63. The fourth-order valence-electron chi connectivity index (χ4n) is 3.84. The Bertz CT molecular complexity index is 1110. The van der Waals surface area contributed by atoms with E-state index in [4.69, 9.17) is 17.3 Å². The Morgan fingerprint density at radius 1 is 1.10 bits per heavy atom. The summed E-state index contributed by atoms with van der Waals surface area (Å²) in [6, 6.07) is 15.0. The van der Waals surface area contributed by atoms with Crippen molar-refractivity contribution in [1.82, 2.24) is 9.55 Å². The van der Waals surface area contributed by atoms with E-state index >= 15 is 0 Å². The molecule has 7 nitrogen and oxygen atoms in total. The number of para-hydroxylation sites is 2. The van der Waals surface area contributed by atoms with Crippen LogP contribution < -0.4 is 21.1 Å². The smallest absolute Gasteiger partial charge is 0.262 e. The number of nitrogens with two attached hydrogens (primary N) is 1. The number of nitrogens with zero attached hydrogens (tertiary/aromatic N) is 3. The maximum absolute atomic E-state index is 12.9. The van der Waals surface area contributed by atoms with Gasteiger partial charge in [0.2, 0.25) is 5.91 Å². The summed E-state index contributed by atoms with van der Waals surface area (Å²) in [4.78, 5) is 32.7. The van der Waals surface area contributed by atoms with Gasteiger partial charge < -0.3 is 15.5 Å². The van der Waals surface area contributed by atoms with Crippen LogP contribution in [0, 0.1) is 0 Å². The molecule has 0 spiro atoms. The van der Waals surface area contributed by atoms with Gasteiger partial charge in [-0.1, -0.05) is 35.9 Å². The molecule has 3 N–H and O–H groups in total. The van der Waals surface area contributed by atoms with Crippen LogP contribution in [0.5, 0.6) is 0 Å². The van der Waals surface area contributed by atoms with Crippen LogP contribution in [0.3, 0.4) is 0 Å². The number of quaternary nitrogens is 1. The second kappa shape index (κ2) is 8.23. The van der Waals surface area contributed by atoms with Crippen molar-refractivity contribution in [3.8, 4) is 0 Å². The topological polar surface area (TPSA) is 85.7 Å². The quantitative estimate of drug-likeness (QED) is 0.636. The molecule has 0 saturated carbocycles. The van der Waals surface area contributed by atoms with Gasteiger partial charge in [-0.05, 0) is 24.3 Å². The lowest BCUT2D eigenvalue weighted by Crippen LogP contribution is -3.13. The van der Waals surface area contributed by atoms with E-state index in [0.29, 0.717) is 23.3 Å².